The minimum absolute atomic E-state index is 0. The molecule has 0 bridgehead atoms. The van der Waals surface area contributed by atoms with Crippen LogP contribution in [0.25, 0.3) is 9.69 Å². The van der Waals surface area contributed by atoms with Gasteiger partial charge in [-0.05, 0) is 121 Å². The monoisotopic (exact) mass is 1390 g/mol. The van der Waals surface area contributed by atoms with E-state index >= 15 is 0 Å². The van der Waals surface area contributed by atoms with E-state index in [2.05, 4.69) is 58.2 Å². The van der Waals surface area contributed by atoms with Gasteiger partial charge in [-0.15, -0.1) is 0 Å². The number of ether oxygens (including phenoxy) is 2. The maximum Gasteiger partial charge on any atom is 1.00 e. The van der Waals surface area contributed by atoms with Crippen molar-refractivity contribution in [3.05, 3.63) is 248 Å². The van der Waals surface area contributed by atoms with Gasteiger partial charge in [0.2, 0.25) is 0 Å². The Kier molecular flexibility index (Phi) is 32.1. The Bertz CT molecular complexity index is 4110. The zero-order valence-electron chi connectivity index (χ0n) is 55.3. The molecule has 4 N–H and O–H groups in total. The Hall–Kier alpha value is -8.04. The molecule has 7 aromatic rings. The number of rotatable bonds is 18. The van der Waals surface area contributed by atoms with E-state index in [1.165, 1.54) is 19.1 Å². The minimum Gasteiger partial charge on any atom is -1.00 e. The van der Waals surface area contributed by atoms with Crippen LogP contribution < -0.4 is 78.9 Å². The number of amides is 1. The number of piperazine rings is 2. The summed E-state index contributed by atoms with van der Waals surface area (Å²) in [6, 6.07) is 51.4. The van der Waals surface area contributed by atoms with Gasteiger partial charge in [-0.25, -0.2) is 14.5 Å². The van der Waals surface area contributed by atoms with Crippen molar-refractivity contribution < 1.29 is 123 Å². The Morgan fingerprint density at radius 3 is 1.60 bits per heavy atom. The van der Waals surface area contributed by atoms with Crippen LogP contribution in [-0.2, 0) is 45.5 Å². The van der Waals surface area contributed by atoms with Crippen LogP contribution in [0, 0.1) is 47.1 Å². The third kappa shape index (κ3) is 23.9. The third-order valence-electron chi connectivity index (χ3n) is 15.3. The van der Waals surface area contributed by atoms with Crippen LogP contribution in [-0.4, -0.2) is 123 Å². The number of anilines is 2. The standard InChI is InChI=1S/C37H34ClN5O3.C21H20ClN3O3.C11H13NO4S.CH2O3.2Na.H/c1-36(44,29-10-14-32(41-3)15-11-29)24-42-18-19-43(35(23-42)27-6-12-31(38)13-7-27)34-17-16-33(20-28(34)22-40)46-25-37(2,45)30-8-4-26(21-39)5-9-30;1-2-11-28-21(27)24-9-10-25(19-8-7-18(26)12-16(19)13-23)20(14-24)15-3-5-17(22)6-4-15;1-11(13,8-16-17(3,14)15)9-4-6-10(12-2)7-5-9;2-1-4-3;;;/h4-17,20,35,44-45H,18-19,23-25H2,1-2H3;2-8,12,20,26H,1,9-11,14H2;4-7,13H,8H2,1,3H3;1,3H;;;/q;;;;2*+1;-1/p-1/t35-,36+,37+;20-;11-;;;;/m001..../s1. The fraction of sp³-hybridized carbons (Fsp3) is 0.271. The number of nitriles is 3. The summed E-state index contributed by atoms with van der Waals surface area (Å²) in [7, 11) is -3.59. The number of hydrogen-bond donors (Lipinski definition) is 4. The molecule has 9 rings (SSSR count). The summed E-state index contributed by atoms with van der Waals surface area (Å²) in [4.78, 5) is 38.4. The number of aromatic hydroxyl groups is 1. The molecule has 2 aliphatic rings. The van der Waals surface area contributed by atoms with Crippen molar-refractivity contribution in [3.63, 3.8) is 0 Å². The molecule has 0 unspecified atom stereocenters. The van der Waals surface area contributed by atoms with E-state index in [0.717, 1.165) is 28.6 Å². The third-order valence-corrected chi connectivity index (χ3v) is 16.3. The van der Waals surface area contributed by atoms with Gasteiger partial charge in [0.1, 0.15) is 48.1 Å². The van der Waals surface area contributed by atoms with Crippen LogP contribution in [0.3, 0.4) is 0 Å². The average Bonchev–Trinajstić information content (AvgIpc) is 0.805. The van der Waals surface area contributed by atoms with E-state index < -0.39 is 33.0 Å². The van der Waals surface area contributed by atoms with Crippen LogP contribution in [0.5, 0.6) is 11.5 Å². The first kappa shape index (κ1) is 81.4. The van der Waals surface area contributed by atoms with Gasteiger partial charge in [0.25, 0.3) is 16.6 Å². The number of carbonyl (C=O) groups excluding carboxylic acids is 2. The topological polar surface area (TPSA) is 302 Å². The molecule has 2 heterocycles. The van der Waals surface area contributed by atoms with Crippen molar-refractivity contribution in [1.82, 2.24) is 9.80 Å². The van der Waals surface area contributed by atoms with Gasteiger partial charge in [-0.2, -0.15) is 24.2 Å². The Morgan fingerprint density at radius 2 is 1.13 bits per heavy atom. The summed E-state index contributed by atoms with van der Waals surface area (Å²) in [5.41, 5.74) is 3.75. The molecule has 0 saturated carbocycles. The molecule has 22 nitrogen and oxygen atoms in total. The number of halogens is 2. The van der Waals surface area contributed by atoms with Crippen LogP contribution in [0.2, 0.25) is 10.0 Å². The molecule has 1 amide bonds. The molecule has 97 heavy (non-hydrogen) atoms. The van der Waals surface area contributed by atoms with Crippen LogP contribution >= 0.6 is 23.2 Å². The van der Waals surface area contributed by atoms with E-state index in [9.17, 15) is 44.2 Å². The van der Waals surface area contributed by atoms with Gasteiger partial charge in [0.05, 0.1) is 77.8 Å². The average molecular weight is 1390 g/mol. The van der Waals surface area contributed by atoms with E-state index in [-0.39, 0.29) is 105 Å². The summed E-state index contributed by atoms with van der Waals surface area (Å²) in [6.07, 6.45) is 2.05. The fourth-order valence-corrected chi connectivity index (χ4v) is 11.0. The van der Waals surface area contributed by atoms with Crippen molar-refractivity contribution in [1.29, 1.82) is 15.8 Å². The first-order valence-electron chi connectivity index (χ1n) is 29.1. The number of carbonyl (C=O) groups is 2. The number of aliphatic hydroxyl groups is 3. The molecule has 2 aliphatic heterocycles. The first-order chi connectivity index (χ1) is 45.2. The van der Waals surface area contributed by atoms with Crippen molar-refractivity contribution in [2.24, 2.45) is 0 Å². The molecular formula is C70H69Cl2N9Na2O13S. The fourth-order valence-electron chi connectivity index (χ4n) is 10.3. The van der Waals surface area contributed by atoms with Gasteiger partial charge in [0.15, 0.2) is 11.4 Å². The summed E-state index contributed by atoms with van der Waals surface area (Å²) >= 11 is 12.3. The van der Waals surface area contributed by atoms with Crippen molar-refractivity contribution in [2.45, 2.75) is 49.7 Å². The molecule has 0 aliphatic carbocycles. The zero-order chi connectivity index (χ0) is 69.5. The Balaban J connectivity index is 0.000000408. The smallest absolute Gasteiger partial charge is 1.00 e. The number of phenolic OH excluding ortho intramolecular Hbond substituents is 1. The van der Waals surface area contributed by atoms with Crippen LogP contribution in [0.15, 0.2) is 170 Å². The Morgan fingerprint density at radius 1 is 0.680 bits per heavy atom. The molecule has 7 aromatic carbocycles. The second kappa shape index (κ2) is 38.2. The SMILES string of the molecule is C=CCOC(=O)N1CCN(c2ccc(O)cc2C#N)[C@H](c2ccc(Cl)cc2)C1.O=CO[O-].[C-]#[N+]c1ccc([C@](C)(O)CN2CCN(c3ccc(OC[C@@](C)(O)c4ccc(C#N)cc4)cc3C#N)[C@H](c3ccc(Cl)cc3)C2)cc1.[C-]#[N+]c1ccc([C@](C)(O)COS(C)(=O)=O)cc1.[H-].[Na+].[Na+]. The number of β-amino-alcohol motifs (C(OH)–C–C–N with tert-alkyl or cyclic N) is 1. The summed E-state index contributed by atoms with van der Waals surface area (Å²) in [6.45, 7) is 25.6. The first-order valence-corrected chi connectivity index (χ1v) is 31.7. The molecular weight excluding hydrogens is 1320 g/mol. The zero-order valence-corrected chi connectivity index (χ0v) is 60.6. The van der Waals surface area contributed by atoms with Crippen molar-refractivity contribution >= 4 is 68.6 Å². The van der Waals surface area contributed by atoms with Gasteiger partial charge >= 0.3 is 65.2 Å². The molecule has 494 valence electrons. The predicted molar refractivity (Wildman–Crippen MR) is 356 cm³/mol. The normalized spacial score (nSPS) is 15.9. The van der Waals surface area contributed by atoms with E-state index in [0.29, 0.717) is 106 Å². The van der Waals surface area contributed by atoms with E-state index in [4.69, 9.17) is 61.1 Å². The van der Waals surface area contributed by atoms with Crippen molar-refractivity contribution in [3.8, 4) is 29.7 Å². The van der Waals surface area contributed by atoms with Crippen molar-refractivity contribution in [2.75, 3.05) is 81.7 Å². The summed E-state index contributed by atoms with van der Waals surface area (Å²) < 4.78 is 37.4. The van der Waals surface area contributed by atoms with Gasteiger partial charge in [-0.1, -0.05) is 121 Å². The minimum atomic E-state index is -3.59. The maximum atomic E-state index is 12.3. The second-order valence-corrected chi connectivity index (χ2v) is 25.0. The molecule has 27 heteroatoms. The molecule has 0 radical (unpaired) electrons. The number of benzene rings is 7. The number of phenols is 1. The maximum absolute atomic E-state index is 12.3. The van der Waals surface area contributed by atoms with E-state index in [1.54, 1.807) is 128 Å². The van der Waals surface area contributed by atoms with Gasteiger partial charge in [0, 0.05) is 55.9 Å². The quantitative estimate of drug-likeness (QED) is 0.0171. The molecule has 5 atom stereocenters. The predicted octanol–water partition coefficient (Wildman–Crippen LogP) is 4.77. The second-order valence-electron chi connectivity index (χ2n) is 22.4. The number of hydrogen-bond acceptors (Lipinski definition) is 19. The van der Waals surface area contributed by atoms with E-state index in [1.807, 2.05) is 42.5 Å². The molecule has 0 spiro atoms. The van der Waals surface area contributed by atoms with Crippen LogP contribution in [0.4, 0.5) is 27.5 Å². The van der Waals surface area contributed by atoms with Crippen LogP contribution in [0.1, 0.15) is 78.8 Å². The summed E-state index contributed by atoms with van der Waals surface area (Å²) in [5.74, 6) is 0.492. The largest absolute Gasteiger partial charge is 1.00 e. The molecule has 2 fully saturated rings. The Labute approximate surface area is 620 Å². The summed E-state index contributed by atoms with van der Waals surface area (Å²) in [5, 5.41) is 80.7. The molecule has 0 aromatic heterocycles. The number of nitrogens with zero attached hydrogens (tertiary/aromatic N) is 9. The molecule has 2 saturated heterocycles. The van der Waals surface area contributed by atoms with Gasteiger partial charge in [-0.3, -0.25) is 13.9 Å². The van der Waals surface area contributed by atoms with Gasteiger partial charge < -0.3 is 56.2 Å².